The van der Waals surface area contributed by atoms with Gasteiger partial charge in [0.05, 0.1) is 0 Å². The van der Waals surface area contributed by atoms with E-state index < -0.39 is 15.8 Å². The van der Waals surface area contributed by atoms with Crippen molar-refractivity contribution in [3.05, 3.63) is 29.6 Å². The average molecular weight is 314 g/mol. The Balaban J connectivity index is 2.17. The minimum Gasteiger partial charge on any atom is -0.310 e. The van der Waals surface area contributed by atoms with Crippen LogP contribution in [0.15, 0.2) is 23.1 Å². The minimum absolute atomic E-state index is 0.141. The lowest BCUT2D eigenvalue weighted by Crippen LogP contribution is -2.36. The fourth-order valence-electron chi connectivity index (χ4n) is 1.86. The highest BCUT2D eigenvalue weighted by atomic mass is 32.2. The fourth-order valence-corrected chi connectivity index (χ4v) is 3.38. The molecule has 0 amide bonds. The zero-order valence-electron chi connectivity index (χ0n) is 12.7. The van der Waals surface area contributed by atoms with Gasteiger partial charge in [-0.15, -0.1) is 0 Å². The van der Waals surface area contributed by atoms with Crippen LogP contribution in [-0.2, 0) is 16.6 Å². The standard InChI is InChI=1S/C15H23FN2O2S/c1-10(2)11(3)18-21(19,20)15-8-12(4-7-14(15)16)9-17-13-5-6-13/h4,7-8,10-11,13,17-18H,5-6,9H2,1-3H3. The van der Waals surface area contributed by atoms with Gasteiger partial charge in [-0.3, -0.25) is 0 Å². The van der Waals surface area contributed by atoms with Crippen LogP contribution in [-0.4, -0.2) is 20.5 Å². The summed E-state index contributed by atoms with van der Waals surface area (Å²) in [5, 5.41) is 3.29. The van der Waals surface area contributed by atoms with Gasteiger partial charge < -0.3 is 5.32 Å². The molecule has 6 heteroatoms. The van der Waals surface area contributed by atoms with Crippen molar-refractivity contribution in [2.24, 2.45) is 5.92 Å². The van der Waals surface area contributed by atoms with E-state index in [2.05, 4.69) is 10.0 Å². The fraction of sp³-hybridized carbons (Fsp3) is 0.600. The summed E-state index contributed by atoms with van der Waals surface area (Å²) in [4.78, 5) is -0.273. The second-order valence-corrected chi connectivity index (χ2v) is 7.76. The van der Waals surface area contributed by atoms with Crippen molar-refractivity contribution in [3.8, 4) is 0 Å². The first-order valence-corrected chi connectivity index (χ1v) is 8.82. The zero-order valence-corrected chi connectivity index (χ0v) is 13.5. The molecule has 2 N–H and O–H groups in total. The maximum atomic E-state index is 13.9. The largest absolute Gasteiger partial charge is 0.310 e. The summed E-state index contributed by atoms with van der Waals surface area (Å²) in [5.74, 6) is -0.573. The predicted molar refractivity (Wildman–Crippen MR) is 80.9 cm³/mol. The van der Waals surface area contributed by atoms with Crippen molar-refractivity contribution in [1.82, 2.24) is 10.0 Å². The van der Waals surface area contributed by atoms with Crippen LogP contribution in [0.3, 0.4) is 0 Å². The number of rotatable bonds is 7. The van der Waals surface area contributed by atoms with E-state index in [0.717, 1.165) is 18.4 Å². The van der Waals surface area contributed by atoms with Gasteiger partial charge >= 0.3 is 0 Å². The van der Waals surface area contributed by atoms with Crippen molar-refractivity contribution >= 4 is 10.0 Å². The summed E-state index contributed by atoms with van der Waals surface area (Å²) >= 11 is 0. The summed E-state index contributed by atoms with van der Waals surface area (Å²) in [7, 11) is -3.83. The van der Waals surface area contributed by atoms with E-state index in [1.54, 1.807) is 13.0 Å². The molecule has 0 aliphatic heterocycles. The van der Waals surface area contributed by atoms with Crippen LogP contribution < -0.4 is 10.0 Å². The van der Waals surface area contributed by atoms with Crippen molar-refractivity contribution < 1.29 is 12.8 Å². The summed E-state index contributed by atoms with van der Waals surface area (Å²) in [5.41, 5.74) is 0.779. The van der Waals surface area contributed by atoms with Gasteiger partial charge in [-0.1, -0.05) is 19.9 Å². The molecule has 0 bridgehead atoms. The van der Waals surface area contributed by atoms with Gasteiger partial charge in [-0.05, 0) is 43.4 Å². The molecule has 1 aromatic carbocycles. The van der Waals surface area contributed by atoms with Crippen LogP contribution in [0.1, 0.15) is 39.2 Å². The lowest BCUT2D eigenvalue weighted by molar-refractivity contribution is 0.473. The normalized spacial score (nSPS) is 17.2. The Morgan fingerprint density at radius 2 is 1.95 bits per heavy atom. The molecule has 0 heterocycles. The van der Waals surface area contributed by atoms with Crippen LogP contribution in [0.5, 0.6) is 0 Å². The summed E-state index contributed by atoms with van der Waals surface area (Å²) < 4.78 is 41.0. The summed E-state index contributed by atoms with van der Waals surface area (Å²) in [6, 6.07) is 4.53. The minimum atomic E-state index is -3.83. The number of sulfonamides is 1. The number of benzene rings is 1. The van der Waals surface area contributed by atoms with E-state index in [4.69, 9.17) is 0 Å². The molecule has 1 fully saturated rings. The molecule has 0 saturated heterocycles. The Morgan fingerprint density at radius 3 is 2.52 bits per heavy atom. The maximum absolute atomic E-state index is 13.9. The smallest absolute Gasteiger partial charge is 0.243 e. The SMILES string of the molecule is CC(C)C(C)NS(=O)(=O)c1cc(CNC2CC2)ccc1F. The first-order chi connectivity index (χ1) is 9.79. The quantitative estimate of drug-likeness (QED) is 0.812. The van der Waals surface area contributed by atoms with Gasteiger partial charge in [0.2, 0.25) is 10.0 Å². The van der Waals surface area contributed by atoms with Gasteiger partial charge in [0.25, 0.3) is 0 Å². The molecule has 4 nitrogen and oxygen atoms in total. The third kappa shape index (κ3) is 4.49. The lowest BCUT2D eigenvalue weighted by Gasteiger charge is -2.18. The average Bonchev–Trinajstić information content (AvgIpc) is 3.21. The van der Waals surface area contributed by atoms with E-state index in [-0.39, 0.29) is 16.9 Å². The van der Waals surface area contributed by atoms with Crippen LogP contribution >= 0.6 is 0 Å². The molecular formula is C15H23FN2O2S. The molecule has 0 aromatic heterocycles. The predicted octanol–water partition coefficient (Wildman–Crippen LogP) is 2.40. The molecule has 21 heavy (non-hydrogen) atoms. The second kappa shape index (κ2) is 6.42. The third-order valence-corrected chi connectivity index (χ3v) is 5.37. The number of hydrogen-bond donors (Lipinski definition) is 2. The highest BCUT2D eigenvalue weighted by Crippen LogP contribution is 2.21. The first-order valence-electron chi connectivity index (χ1n) is 7.33. The monoisotopic (exact) mass is 314 g/mol. The van der Waals surface area contributed by atoms with Gasteiger partial charge in [-0.25, -0.2) is 17.5 Å². The maximum Gasteiger partial charge on any atom is 0.243 e. The van der Waals surface area contributed by atoms with Crippen molar-refractivity contribution in [3.63, 3.8) is 0 Å². The third-order valence-electron chi connectivity index (χ3n) is 3.80. The van der Waals surface area contributed by atoms with Crippen molar-refractivity contribution in [1.29, 1.82) is 0 Å². The Hall–Kier alpha value is -0.980. The second-order valence-electron chi connectivity index (χ2n) is 6.07. The van der Waals surface area contributed by atoms with Crippen LogP contribution in [0.4, 0.5) is 4.39 Å². The van der Waals surface area contributed by atoms with Crippen LogP contribution in [0, 0.1) is 11.7 Å². The molecule has 1 atom stereocenters. The molecular weight excluding hydrogens is 291 g/mol. The molecule has 1 aliphatic rings. The molecule has 1 saturated carbocycles. The van der Waals surface area contributed by atoms with Crippen LogP contribution in [0.25, 0.3) is 0 Å². The molecule has 0 spiro atoms. The Morgan fingerprint density at radius 1 is 1.29 bits per heavy atom. The zero-order chi connectivity index (χ0) is 15.6. The Kier molecular flexibility index (Phi) is 5.01. The van der Waals surface area contributed by atoms with Crippen LogP contribution in [0.2, 0.25) is 0 Å². The lowest BCUT2D eigenvalue weighted by atomic mass is 10.1. The number of hydrogen-bond acceptors (Lipinski definition) is 3. The molecule has 1 aromatic rings. The molecule has 0 radical (unpaired) electrons. The Labute approximate surface area is 126 Å². The molecule has 1 unspecified atom stereocenters. The Bertz CT molecular complexity index is 598. The first kappa shape index (κ1) is 16.4. The van der Waals surface area contributed by atoms with E-state index in [0.29, 0.717) is 12.6 Å². The summed E-state index contributed by atoms with van der Waals surface area (Å²) in [6.07, 6.45) is 2.31. The highest BCUT2D eigenvalue weighted by molar-refractivity contribution is 7.89. The van der Waals surface area contributed by atoms with Crippen molar-refractivity contribution in [2.45, 2.75) is 57.1 Å². The van der Waals surface area contributed by atoms with E-state index in [1.165, 1.54) is 12.1 Å². The van der Waals surface area contributed by atoms with E-state index in [1.807, 2.05) is 13.8 Å². The topological polar surface area (TPSA) is 58.2 Å². The summed E-state index contributed by atoms with van der Waals surface area (Å²) in [6.45, 7) is 6.17. The van der Waals surface area contributed by atoms with Gasteiger partial charge in [0.1, 0.15) is 10.7 Å². The number of nitrogens with one attached hydrogen (secondary N) is 2. The van der Waals surface area contributed by atoms with E-state index in [9.17, 15) is 12.8 Å². The molecule has 2 rings (SSSR count). The van der Waals surface area contributed by atoms with Gasteiger partial charge in [0.15, 0.2) is 0 Å². The number of halogens is 1. The van der Waals surface area contributed by atoms with E-state index >= 15 is 0 Å². The van der Waals surface area contributed by atoms with Gasteiger partial charge in [0, 0.05) is 18.6 Å². The van der Waals surface area contributed by atoms with Crippen molar-refractivity contribution in [2.75, 3.05) is 0 Å². The highest BCUT2D eigenvalue weighted by Gasteiger charge is 2.24. The molecule has 118 valence electrons. The van der Waals surface area contributed by atoms with Gasteiger partial charge in [-0.2, -0.15) is 0 Å². The molecule has 1 aliphatic carbocycles.